The number of aromatic nitrogens is 4. The van der Waals surface area contributed by atoms with Crippen LogP contribution in [0.2, 0.25) is 0 Å². The minimum absolute atomic E-state index is 0.0153. The van der Waals surface area contributed by atoms with Gasteiger partial charge in [-0.05, 0) is 44.5 Å². The van der Waals surface area contributed by atoms with Crippen molar-refractivity contribution in [2.24, 2.45) is 7.05 Å². The summed E-state index contributed by atoms with van der Waals surface area (Å²) in [4.78, 5) is 33.5. The van der Waals surface area contributed by atoms with E-state index in [9.17, 15) is 18.0 Å². The van der Waals surface area contributed by atoms with Crippen LogP contribution in [-0.4, -0.2) is 87.8 Å². The van der Waals surface area contributed by atoms with Gasteiger partial charge in [-0.3, -0.25) is 14.3 Å². The lowest BCUT2D eigenvalue weighted by atomic mass is 10.1. The van der Waals surface area contributed by atoms with E-state index in [4.69, 9.17) is 14.8 Å². The smallest absolute Gasteiger partial charge is 0.304 e. The standard InChI is InChI=1S/C25H34N6O6S/c1-4-7-19-22-23(29(3)28-19)25(34)27-24(26-22)18-16-17(8-9-20(18)37-5-2)38(35,36)31-12-6-11-30(14-15-31)13-10-21(32)33/h8-9,16H,4-7,10-15H2,1-3H3,(H,32,33)(H,26,27,34). The Kier molecular flexibility index (Phi) is 8.48. The van der Waals surface area contributed by atoms with Gasteiger partial charge in [-0.2, -0.15) is 9.40 Å². The van der Waals surface area contributed by atoms with Gasteiger partial charge in [-0.1, -0.05) is 13.3 Å². The maximum Gasteiger partial charge on any atom is 0.304 e. The number of ether oxygens (including phenoxy) is 1. The molecule has 1 aliphatic heterocycles. The van der Waals surface area contributed by atoms with E-state index in [-0.39, 0.29) is 29.2 Å². The van der Waals surface area contributed by atoms with Crippen molar-refractivity contribution in [1.29, 1.82) is 0 Å². The molecule has 206 valence electrons. The predicted octanol–water partition coefficient (Wildman–Crippen LogP) is 1.85. The average molecular weight is 547 g/mol. The van der Waals surface area contributed by atoms with Crippen molar-refractivity contribution in [3.63, 3.8) is 0 Å². The Morgan fingerprint density at radius 1 is 1.18 bits per heavy atom. The molecule has 38 heavy (non-hydrogen) atoms. The van der Waals surface area contributed by atoms with Crippen LogP contribution in [0, 0.1) is 0 Å². The Bertz CT molecular complexity index is 1480. The van der Waals surface area contributed by atoms with Crippen LogP contribution in [0.25, 0.3) is 22.4 Å². The molecular formula is C25H34N6O6S. The number of rotatable bonds is 10. The molecule has 3 heterocycles. The highest BCUT2D eigenvalue weighted by Crippen LogP contribution is 2.32. The summed E-state index contributed by atoms with van der Waals surface area (Å²) in [6, 6.07) is 4.58. The number of hydrogen-bond donors (Lipinski definition) is 2. The van der Waals surface area contributed by atoms with E-state index in [0.717, 1.165) is 6.42 Å². The second kappa shape index (κ2) is 11.6. The molecule has 0 radical (unpaired) electrons. The monoisotopic (exact) mass is 546 g/mol. The maximum absolute atomic E-state index is 13.7. The lowest BCUT2D eigenvalue weighted by molar-refractivity contribution is -0.137. The molecule has 1 fully saturated rings. The van der Waals surface area contributed by atoms with Crippen molar-refractivity contribution in [3.05, 3.63) is 34.2 Å². The Morgan fingerprint density at radius 2 is 1.97 bits per heavy atom. The minimum Gasteiger partial charge on any atom is -0.493 e. The quantitative estimate of drug-likeness (QED) is 0.388. The third-order valence-electron chi connectivity index (χ3n) is 6.58. The van der Waals surface area contributed by atoms with Crippen LogP contribution in [0.3, 0.4) is 0 Å². The number of carboxylic acid groups (broad SMARTS) is 1. The van der Waals surface area contributed by atoms with Gasteiger partial charge in [0.05, 0.1) is 29.2 Å². The lowest BCUT2D eigenvalue weighted by Crippen LogP contribution is -2.35. The Hall–Kier alpha value is -3.29. The molecule has 13 heteroatoms. The van der Waals surface area contributed by atoms with E-state index in [1.807, 2.05) is 18.7 Å². The molecule has 0 bridgehead atoms. The number of nitrogens with one attached hydrogen (secondary N) is 1. The number of fused-ring (bicyclic) bond motifs is 1. The normalized spacial score (nSPS) is 15.6. The third kappa shape index (κ3) is 5.74. The fourth-order valence-electron chi connectivity index (χ4n) is 4.73. The number of aryl methyl sites for hydroxylation is 2. The summed E-state index contributed by atoms with van der Waals surface area (Å²) in [5, 5.41) is 13.4. The highest BCUT2D eigenvalue weighted by molar-refractivity contribution is 7.89. The first-order valence-corrected chi connectivity index (χ1v) is 14.3. The van der Waals surface area contributed by atoms with Gasteiger partial charge in [0.2, 0.25) is 10.0 Å². The maximum atomic E-state index is 13.7. The van der Waals surface area contributed by atoms with Gasteiger partial charge in [-0.25, -0.2) is 13.4 Å². The Balaban J connectivity index is 1.72. The lowest BCUT2D eigenvalue weighted by Gasteiger charge is -2.22. The van der Waals surface area contributed by atoms with Gasteiger partial charge in [0, 0.05) is 33.2 Å². The van der Waals surface area contributed by atoms with Crippen molar-refractivity contribution >= 4 is 27.0 Å². The average Bonchev–Trinajstić information content (AvgIpc) is 3.03. The Morgan fingerprint density at radius 3 is 2.68 bits per heavy atom. The number of aromatic amines is 1. The molecule has 2 N–H and O–H groups in total. The van der Waals surface area contributed by atoms with Crippen LogP contribution in [0.5, 0.6) is 5.75 Å². The van der Waals surface area contributed by atoms with Crippen molar-refractivity contribution in [2.45, 2.75) is 44.4 Å². The van der Waals surface area contributed by atoms with E-state index in [1.165, 1.54) is 21.1 Å². The molecule has 1 aromatic carbocycles. The molecule has 0 spiro atoms. The van der Waals surface area contributed by atoms with Crippen LogP contribution >= 0.6 is 0 Å². The van der Waals surface area contributed by atoms with Crippen molar-refractivity contribution in [1.82, 2.24) is 29.0 Å². The zero-order valence-electron chi connectivity index (χ0n) is 21.9. The number of sulfonamides is 1. The first-order chi connectivity index (χ1) is 18.1. The second-order valence-electron chi connectivity index (χ2n) is 9.27. The van der Waals surface area contributed by atoms with Crippen molar-refractivity contribution in [2.75, 3.05) is 39.3 Å². The molecule has 0 atom stereocenters. The zero-order valence-corrected chi connectivity index (χ0v) is 22.8. The van der Waals surface area contributed by atoms with Crippen LogP contribution in [0.15, 0.2) is 27.9 Å². The first kappa shape index (κ1) is 27.7. The summed E-state index contributed by atoms with van der Waals surface area (Å²) >= 11 is 0. The van der Waals surface area contributed by atoms with E-state index < -0.39 is 16.0 Å². The molecule has 2 aromatic heterocycles. The van der Waals surface area contributed by atoms with E-state index in [0.29, 0.717) is 73.7 Å². The van der Waals surface area contributed by atoms with Crippen LogP contribution in [0.4, 0.5) is 0 Å². The Labute approximate surface area is 221 Å². The molecule has 3 aromatic rings. The van der Waals surface area contributed by atoms with Crippen LogP contribution in [0.1, 0.15) is 38.8 Å². The van der Waals surface area contributed by atoms with E-state index in [2.05, 4.69) is 10.1 Å². The van der Waals surface area contributed by atoms with Gasteiger partial charge >= 0.3 is 5.97 Å². The summed E-state index contributed by atoms with van der Waals surface area (Å²) in [5.41, 5.74) is 1.55. The van der Waals surface area contributed by atoms with Gasteiger partial charge in [-0.15, -0.1) is 0 Å². The molecule has 4 rings (SSSR count). The SMILES string of the molecule is CCCc1nn(C)c2c(=O)[nH]c(-c3cc(S(=O)(=O)N4CCCN(CCC(=O)O)CC4)ccc3OCC)nc12. The molecule has 1 aliphatic rings. The third-order valence-corrected chi connectivity index (χ3v) is 8.48. The van der Waals surface area contributed by atoms with Gasteiger partial charge in [0.15, 0.2) is 5.52 Å². The first-order valence-electron chi connectivity index (χ1n) is 12.8. The second-order valence-corrected chi connectivity index (χ2v) is 11.2. The summed E-state index contributed by atoms with van der Waals surface area (Å²) in [6.45, 7) is 6.22. The molecule has 12 nitrogen and oxygen atoms in total. The van der Waals surface area contributed by atoms with E-state index >= 15 is 0 Å². The summed E-state index contributed by atoms with van der Waals surface area (Å²) in [5.74, 6) is -0.256. The highest BCUT2D eigenvalue weighted by Gasteiger charge is 2.28. The van der Waals surface area contributed by atoms with E-state index in [1.54, 1.807) is 13.1 Å². The van der Waals surface area contributed by atoms with Crippen LogP contribution in [-0.2, 0) is 28.3 Å². The summed E-state index contributed by atoms with van der Waals surface area (Å²) in [7, 11) is -2.17. The number of nitrogens with zero attached hydrogens (tertiary/aromatic N) is 5. The molecule has 0 amide bonds. The number of hydrogen-bond acceptors (Lipinski definition) is 8. The number of aliphatic carboxylic acids is 1. The molecule has 0 unspecified atom stereocenters. The van der Waals surface area contributed by atoms with Crippen molar-refractivity contribution in [3.8, 4) is 17.1 Å². The summed E-state index contributed by atoms with van der Waals surface area (Å²) in [6.07, 6.45) is 2.09. The number of carboxylic acids is 1. The molecule has 0 aliphatic carbocycles. The van der Waals surface area contributed by atoms with Crippen molar-refractivity contribution < 1.29 is 23.1 Å². The molecule has 1 saturated heterocycles. The molecule has 0 saturated carbocycles. The van der Waals surface area contributed by atoms with Gasteiger partial charge < -0.3 is 19.7 Å². The fourth-order valence-corrected chi connectivity index (χ4v) is 6.23. The van der Waals surface area contributed by atoms with Crippen LogP contribution < -0.4 is 10.3 Å². The largest absolute Gasteiger partial charge is 0.493 e. The molecular weight excluding hydrogens is 512 g/mol. The highest BCUT2D eigenvalue weighted by atomic mass is 32.2. The minimum atomic E-state index is -3.87. The predicted molar refractivity (Wildman–Crippen MR) is 142 cm³/mol. The zero-order chi connectivity index (χ0) is 27.4. The fraction of sp³-hybridized carbons (Fsp3) is 0.520. The number of benzene rings is 1. The number of H-pyrrole nitrogens is 1. The number of carbonyl (C=O) groups is 1. The topological polar surface area (TPSA) is 151 Å². The summed E-state index contributed by atoms with van der Waals surface area (Å²) < 4.78 is 36.0. The van der Waals surface area contributed by atoms with Gasteiger partial charge in [0.1, 0.15) is 17.1 Å². The van der Waals surface area contributed by atoms with Gasteiger partial charge in [0.25, 0.3) is 5.56 Å².